The molecule has 0 bridgehead atoms. The van der Waals surface area contributed by atoms with Gasteiger partial charge < -0.3 is 15.2 Å². The summed E-state index contributed by atoms with van der Waals surface area (Å²) >= 11 is 1.22. The lowest BCUT2D eigenvalue weighted by Gasteiger charge is -2.32. The fourth-order valence-electron chi connectivity index (χ4n) is 2.89. The van der Waals surface area contributed by atoms with Gasteiger partial charge in [0.1, 0.15) is 4.88 Å². The van der Waals surface area contributed by atoms with E-state index >= 15 is 0 Å². The number of methoxy groups -OCH3 is 1. The van der Waals surface area contributed by atoms with E-state index in [1.54, 1.807) is 11.4 Å². The third-order valence-electron chi connectivity index (χ3n) is 4.31. The maximum Gasteiger partial charge on any atom is 0.350 e. The zero-order valence-corrected chi connectivity index (χ0v) is 16.7. The normalized spacial score (nSPS) is 12.2. The summed E-state index contributed by atoms with van der Waals surface area (Å²) in [6.45, 7) is 4.65. The summed E-state index contributed by atoms with van der Waals surface area (Å²) in [7, 11) is 1.31. The molecule has 146 valence electrons. The molecule has 0 aliphatic heterocycles. The second kappa shape index (κ2) is 10.2. The fourth-order valence-corrected chi connectivity index (χ4v) is 3.65. The molecule has 1 aromatic carbocycles. The van der Waals surface area contributed by atoms with E-state index in [1.807, 2.05) is 49.1 Å². The zero-order chi connectivity index (χ0) is 19.8. The Kier molecular flexibility index (Phi) is 7.97. The van der Waals surface area contributed by atoms with Crippen molar-refractivity contribution in [2.45, 2.75) is 26.4 Å². The van der Waals surface area contributed by atoms with E-state index in [1.165, 1.54) is 18.4 Å². The molecule has 2 rings (SSSR count). The summed E-state index contributed by atoms with van der Waals surface area (Å²) in [6.07, 6.45) is 0. The monoisotopic (exact) mass is 390 g/mol. The van der Waals surface area contributed by atoms with Crippen molar-refractivity contribution in [1.29, 1.82) is 0 Å². The molecule has 0 aliphatic rings. The van der Waals surface area contributed by atoms with Gasteiger partial charge in [-0.15, -0.1) is 11.3 Å². The molecule has 0 saturated carbocycles. The van der Waals surface area contributed by atoms with Gasteiger partial charge in [-0.1, -0.05) is 44.2 Å². The SMILES string of the molecule is COC(=O)c1sccc1NC(=O)CN(Cc1ccccc1)C(CO)C(C)C. The van der Waals surface area contributed by atoms with Crippen molar-refractivity contribution >= 4 is 28.9 Å². The molecule has 0 radical (unpaired) electrons. The number of hydrogen-bond acceptors (Lipinski definition) is 6. The summed E-state index contributed by atoms with van der Waals surface area (Å²) in [5, 5.41) is 14.3. The summed E-state index contributed by atoms with van der Waals surface area (Å²) in [6, 6.07) is 11.4. The van der Waals surface area contributed by atoms with Gasteiger partial charge in [-0.05, 0) is 22.9 Å². The summed E-state index contributed by atoms with van der Waals surface area (Å²) in [5.74, 6) is -0.538. The molecule has 6 nitrogen and oxygen atoms in total. The van der Waals surface area contributed by atoms with Crippen LogP contribution >= 0.6 is 11.3 Å². The predicted octanol–water partition coefficient (Wildman–Crippen LogP) is 2.99. The number of rotatable bonds is 9. The van der Waals surface area contributed by atoms with E-state index in [0.29, 0.717) is 17.1 Å². The summed E-state index contributed by atoms with van der Waals surface area (Å²) < 4.78 is 4.74. The lowest BCUT2D eigenvalue weighted by atomic mass is 10.0. The number of hydrogen-bond donors (Lipinski definition) is 2. The number of anilines is 1. The number of carbonyl (C=O) groups excluding carboxylic acids is 2. The van der Waals surface area contributed by atoms with Crippen LogP contribution in [-0.2, 0) is 16.1 Å². The Morgan fingerprint density at radius 2 is 1.93 bits per heavy atom. The quantitative estimate of drug-likeness (QED) is 0.644. The lowest BCUT2D eigenvalue weighted by Crippen LogP contribution is -2.45. The number of thiophene rings is 1. The van der Waals surface area contributed by atoms with E-state index in [4.69, 9.17) is 4.74 Å². The van der Waals surface area contributed by atoms with Gasteiger partial charge in [0.15, 0.2) is 0 Å². The molecule has 0 saturated heterocycles. The Bertz CT molecular complexity index is 745. The van der Waals surface area contributed by atoms with Crippen LogP contribution in [0.5, 0.6) is 0 Å². The van der Waals surface area contributed by atoms with E-state index in [9.17, 15) is 14.7 Å². The molecule has 2 aromatic rings. The Hall–Kier alpha value is -2.22. The number of benzene rings is 1. The highest BCUT2D eigenvalue weighted by atomic mass is 32.1. The van der Waals surface area contributed by atoms with Crippen molar-refractivity contribution in [2.75, 3.05) is 25.6 Å². The molecule has 0 aliphatic carbocycles. The standard InChI is InChI=1S/C20H26N2O4S/c1-14(2)17(13-23)22(11-15-7-5-4-6-8-15)12-18(24)21-16-9-10-27-19(16)20(25)26-3/h4-10,14,17,23H,11-13H2,1-3H3,(H,21,24). The van der Waals surface area contributed by atoms with Crippen LogP contribution in [0, 0.1) is 5.92 Å². The lowest BCUT2D eigenvalue weighted by molar-refractivity contribution is -0.118. The largest absolute Gasteiger partial charge is 0.465 e. The van der Waals surface area contributed by atoms with Gasteiger partial charge in [0.05, 0.1) is 25.9 Å². The van der Waals surface area contributed by atoms with Crippen LogP contribution in [0.15, 0.2) is 41.8 Å². The molecule has 7 heteroatoms. The summed E-state index contributed by atoms with van der Waals surface area (Å²) in [5.41, 5.74) is 1.51. The minimum absolute atomic E-state index is 0.0381. The van der Waals surface area contributed by atoms with Crippen LogP contribution in [0.3, 0.4) is 0 Å². The Morgan fingerprint density at radius 3 is 2.52 bits per heavy atom. The number of ether oxygens (including phenoxy) is 1. The van der Waals surface area contributed by atoms with Crippen LogP contribution < -0.4 is 5.32 Å². The maximum absolute atomic E-state index is 12.6. The van der Waals surface area contributed by atoms with Gasteiger partial charge in [0.25, 0.3) is 0 Å². The average molecular weight is 391 g/mol. The predicted molar refractivity (Wildman–Crippen MR) is 107 cm³/mol. The number of nitrogens with one attached hydrogen (secondary N) is 1. The molecular weight excluding hydrogens is 364 g/mol. The van der Waals surface area contributed by atoms with E-state index in [2.05, 4.69) is 5.32 Å². The molecule has 0 fully saturated rings. The van der Waals surface area contributed by atoms with Crippen molar-refractivity contribution in [3.05, 3.63) is 52.2 Å². The minimum atomic E-state index is -0.475. The van der Waals surface area contributed by atoms with Crippen molar-refractivity contribution in [1.82, 2.24) is 4.90 Å². The van der Waals surface area contributed by atoms with Gasteiger partial charge in [-0.2, -0.15) is 0 Å². The molecule has 1 amide bonds. The smallest absolute Gasteiger partial charge is 0.350 e. The molecule has 1 unspecified atom stereocenters. The van der Waals surface area contributed by atoms with Gasteiger partial charge in [0, 0.05) is 12.6 Å². The number of nitrogens with zero attached hydrogens (tertiary/aromatic N) is 1. The third-order valence-corrected chi connectivity index (χ3v) is 5.21. The van der Waals surface area contributed by atoms with Gasteiger partial charge >= 0.3 is 5.97 Å². The maximum atomic E-state index is 12.6. The van der Waals surface area contributed by atoms with Gasteiger partial charge in [-0.3, -0.25) is 9.69 Å². The number of esters is 1. The first-order valence-electron chi connectivity index (χ1n) is 8.80. The van der Waals surface area contributed by atoms with E-state index in [-0.39, 0.29) is 31.0 Å². The van der Waals surface area contributed by atoms with Crippen LogP contribution in [0.4, 0.5) is 5.69 Å². The first-order valence-corrected chi connectivity index (χ1v) is 9.68. The zero-order valence-electron chi connectivity index (χ0n) is 15.8. The second-order valence-corrected chi connectivity index (χ2v) is 7.50. The number of carbonyl (C=O) groups is 2. The van der Waals surface area contributed by atoms with Crippen LogP contribution in [0.25, 0.3) is 0 Å². The molecule has 27 heavy (non-hydrogen) atoms. The number of aliphatic hydroxyl groups excluding tert-OH is 1. The average Bonchev–Trinajstić information content (AvgIpc) is 3.10. The molecule has 1 heterocycles. The van der Waals surface area contributed by atoms with E-state index in [0.717, 1.165) is 5.56 Å². The van der Waals surface area contributed by atoms with Gasteiger partial charge in [0.2, 0.25) is 5.91 Å². The third kappa shape index (κ3) is 5.89. The molecule has 1 aromatic heterocycles. The Balaban J connectivity index is 2.13. The Labute approximate surface area is 163 Å². The highest BCUT2D eigenvalue weighted by molar-refractivity contribution is 7.12. The topological polar surface area (TPSA) is 78.9 Å². The van der Waals surface area contributed by atoms with Gasteiger partial charge in [-0.25, -0.2) is 4.79 Å². The molecule has 0 spiro atoms. The first-order chi connectivity index (χ1) is 13.0. The number of amides is 1. The number of aliphatic hydroxyl groups is 1. The highest BCUT2D eigenvalue weighted by Crippen LogP contribution is 2.23. The minimum Gasteiger partial charge on any atom is -0.465 e. The molecule has 1 atom stereocenters. The fraction of sp³-hybridized carbons (Fsp3) is 0.400. The van der Waals surface area contributed by atoms with Crippen LogP contribution in [-0.4, -0.2) is 48.2 Å². The highest BCUT2D eigenvalue weighted by Gasteiger charge is 2.24. The molecule has 2 N–H and O–H groups in total. The van der Waals surface area contributed by atoms with Crippen molar-refractivity contribution in [3.63, 3.8) is 0 Å². The molecular formula is C20H26N2O4S. The summed E-state index contributed by atoms with van der Waals surface area (Å²) in [4.78, 5) is 26.7. The Morgan fingerprint density at radius 1 is 1.22 bits per heavy atom. The first kappa shape index (κ1) is 21.1. The van der Waals surface area contributed by atoms with E-state index < -0.39 is 5.97 Å². The second-order valence-electron chi connectivity index (χ2n) is 6.59. The van der Waals surface area contributed by atoms with Crippen LogP contribution in [0.1, 0.15) is 29.1 Å². The van der Waals surface area contributed by atoms with Crippen LogP contribution in [0.2, 0.25) is 0 Å². The van der Waals surface area contributed by atoms with Crippen molar-refractivity contribution in [2.24, 2.45) is 5.92 Å². The van der Waals surface area contributed by atoms with Crippen molar-refractivity contribution < 1.29 is 19.4 Å². The van der Waals surface area contributed by atoms with Crippen molar-refractivity contribution in [3.8, 4) is 0 Å².